The molecule has 4 aromatic carbocycles. The number of hydrogen-bond acceptors (Lipinski definition) is 8. The van der Waals surface area contributed by atoms with Gasteiger partial charge in [-0.25, -0.2) is 0 Å². The number of rotatable bonds is 11. The van der Waals surface area contributed by atoms with E-state index < -0.39 is 23.5 Å². The molecule has 0 aliphatic rings. The van der Waals surface area contributed by atoms with Crippen LogP contribution in [0.1, 0.15) is 54.0 Å². The molecule has 0 bridgehead atoms. The normalized spacial score (nSPS) is 11.4. The first-order valence-corrected chi connectivity index (χ1v) is 14.3. The number of benzene rings is 4. The molecule has 0 aliphatic heterocycles. The molecule has 1 atom stereocenters. The molecule has 5 aromatic rings. The summed E-state index contributed by atoms with van der Waals surface area (Å²) in [5, 5.41) is 11.6. The average molecular weight is 621 g/mol. The summed E-state index contributed by atoms with van der Waals surface area (Å²) in [6, 6.07) is 27.9. The van der Waals surface area contributed by atoms with Crippen molar-refractivity contribution in [3.8, 4) is 11.5 Å². The number of hydrogen-bond donors (Lipinski definition) is 1. The number of anilines is 2. The van der Waals surface area contributed by atoms with E-state index in [4.69, 9.17) is 21.1 Å². The Balaban J connectivity index is 1.52. The lowest BCUT2D eigenvalue weighted by molar-refractivity contribution is 0.0744. The fourth-order valence-electron chi connectivity index (χ4n) is 4.83. The second-order valence-corrected chi connectivity index (χ2v) is 10.5. The van der Waals surface area contributed by atoms with E-state index in [0.29, 0.717) is 16.3 Å². The van der Waals surface area contributed by atoms with Crippen molar-refractivity contribution in [3.05, 3.63) is 148 Å². The lowest BCUT2D eigenvalue weighted by atomic mass is 9.89. The van der Waals surface area contributed by atoms with Crippen LogP contribution >= 0.6 is 11.6 Å². The number of aliphatic hydroxyl groups is 1. The first-order valence-electron chi connectivity index (χ1n) is 13.9. The monoisotopic (exact) mass is 620 g/mol. The molecule has 0 spiro atoms. The van der Waals surface area contributed by atoms with E-state index in [1.54, 1.807) is 72.9 Å². The summed E-state index contributed by atoms with van der Waals surface area (Å²) >= 11 is 6.01. The highest BCUT2D eigenvalue weighted by atomic mass is 35.5. The van der Waals surface area contributed by atoms with Crippen molar-refractivity contribution in [1.29, 1.82) is 0 Å². The van der Waals surface area contributed by atoms with Gasteiger partial charge in [0, 0.05) is 40.5 Å². The maximum absolute atomic E-state index is 13.8. The summed E-state index contributed by atoms with van der Waals surface area (Å²) in [6.45, 7) is 0. The van der Waals surface area contributed by atoms with Crippen molar-refractivity contribution < 1.29 is 29.0 Å². The minimum atomic E-state index is -1.57. The van der Waals surface area contributed by atoms with E-state index >= 15 is 0 Å². The van der Waals surface area contributed by atoms with Gasteiger partial charge in [0.25, 0.3) is 0 Å². The van der Waals surface area contributed by atoms with Gasteiger partial charge in [-0.05, 0) is 66.2 Å². The zero-order valence-electron chi connectivity index (χ0n) is 24.7. The number of halogens is 1. The Labute approximate surface area is 265 Å². The van der Waals surface area contributed by atoms with Crippen LogP contribution in [-0.4, -0.2) is 48.7 Å². The van der Waals surface area contributed by atoms with Crippen molar-refractivity contribution in [2.45, 2.75) is 6.10 Å². The molecule has 0 fully saturated rings. The predicted octanol–water partition coefficient (Wildman–Crippen LogP) is 6.90. The number of aliphatic hydroxyl groups excluding tert-OH is 1. The van der Waals surface area contributed by atoms with Gasteiger partial charge in [-0.1, -0.05) is 48.0 Å². The first-order chi connectivity index (χ1) is 21.7. The number of carbonyl (C=O) groups excluding carboxylic acids is 3. The summed E-state index contributed by atoms with van der Waals surface area (Å²) in [5.74, 6) is -0.989. The smallest absolute Gasteiger partial charge is 0.211 e. The molecule has 1 unspecified atom stereocenters. The molecule has 0 amide bonds. The van der Waals surface area contributed by atoms with Gasteiger partial charge in [-0.15, -0.1) is 0 Å². The number of Topliss-reactive ketones (excluding diaryl/α,β-unsaturated/α-hetero) is 1. The van der Waals surface area contributed by atoms with Gasteiger partial charge in [-0.3, -0.25) is 19.4 Å². The Kier molecular flexibility index (Phi) is 9.37. The number of methoxy groups -OCH3 is 2. The molecule has 1 heterocycles. The molecule has 0 saturated carbocycles. The van der Waals surface area contributed by atoms with Crippen LogP contribution in [0.3, 0.4) is 0 Å². The first kappa shape index (κ1) is 31.1. The Morgan fingerprint density at radius 3 is 2.09 bits per heavy atom. The number of aromatic nitrogens is 1. The average Bonchev–Trinajstić information content (AvgIpc) is 3.10. The molecular weight excluding hydrogens is 592 g/mol. The highest BCUT2D eigenvalue weighted by molar-refractivity contribution is 6.30. The second-order valence-electron chi connectivity index (χ2n) is 10.1. The van der Waals surface area contributed by atoms with Crippen LogP contribution in [0.4, 0.5) is 11.4 Å². The largest absolute Gasteiger partial charge is 0.497 e. The zero-order chi connectivity index (χ0) is 32.1. The van der Waals surface area contributed by atoms with Crippen molar-refractivity contribution in [2.24, 2.45) is 0 Å². The minimum Gasteiger partial charge on any atom is -0.497 e. The zero-order valence-corrected chi connectivity index (χ0v) is 25.5. The highest BCUT2D eigenvalue weighted by Crippen LogP contribution is 2.30. The Bertz CT molecular complexity index is 1860. The second kappa shape index (κ2) is 13.5. The van der Waals surface area contributed by atoms with Crippen LogP contribution in [0.15, 0.2) is 109 Å². The number of pyridine rings is 1. The minimum absolute atomic E-state index is 0.00268. The highest BCUT2D eigenvalue weighted by Gasteiger charge is 2.28. The topological polar surface area (TPSA) is 106 Å². The third-order valence-corrected chi connectivity index (χ3v) is 7.64. The van der Waals surface area contributed by atoms with Crippen LogP contribution in [0.25, 0.3) is 0 Å². The van der Waals surface area contributed by atoms with Gasteiger partial charge in [0.1, 0.15) is 23.3 Å². The van der Waals surface area contributed by atoms with E-state index in [2.05, 4.69) is 4.98 Å². The Morgan fingerprint density at radius 1 is 0.756 bits per heavy atom. The van der Waals surface area contributed by atoms with Crippen LogP contribution in [0, 0.1) is 0 Å². The van der Waals surface area contributed by atoms with Gasteiger partial charge in [-0.2, -0.15) is 0 Å². The molecule has 45 heavy (non-hydrogen) atoms. The Morgan fingerprint density at radius 2 is 1.44 bits per heavy atom. The maximum atomic E-state index is 13.8. The van der Waals surface area contributed by atoms with Crippen LogP contribution < -0.4 is 14.4 Å². The van der Waals surface area contributed by atoms with Crippen molar-refractivity contribution in [1.82, 2.24) is 4.98 Å². The van der Waals surface area contributed by atoms with Crippen molar-refractivity contribution >= 4 is 40.3 Å². The van der Waals surface area contributed by atoms with E-state index in [1.165, 1.54) is 38.5 Å². The van der Waals surface area contributed by atoms with Gasteiger partial charge in [0.05, 0.1) is 31.7 Å². The fraction of sp³-hybridized carbons (Fsp3) is 0.111. The van der Waals surface area contributed by atoms with Crippen molar-refractivity contribution in [3.63, 3.8) is 0 Å². The number of ketones is 3. The molecule has 1 aromatic heterocycles. The number of nitrogens with zero attached hydrogens (tertiary/aromatic N) is 2. The van der Waals surface area contributed by atoms with Gasteiger partial charge in [0.15, 0.2) is 11.6 Å². The SMILES string of the molecule is COc1ccc(C(=O)c2ccc(C(=O)c3ccc(N(C)c4ccc(Cl)cc4)cn3)cc2C(=O)C(O)c2ccccc2)c(OC)c1. The molecule has 226 valence electrons. The van der Waals surface area contributed by atoms with Gasteiger partial charge >= 0.3 is 0 Å². The lowest BCUT2D eigenvalue weighted by Crippen LogP contribution is -2.18. The molecule has 5 rings (SSSR count). The third kappa shape index (κ3) is 6.62. The van der Waals surface area contributed by atoms with Crippen LogP contribution in [0.5, 0.6) is 11.5 Å². The summed E-state index contributed by atoms with van der Waals surface area (Å²) in [7, 11) is 4.78. The predicted molar refractivity (Wildman–Crippen MR) is 172 cm³/mol. The summed E-state index contributed by atoms with van der Waals surface area (Å²) in [5.41, 5.74) is 2.31. The van der Waals surface area contributed by atoms with Crippen LogP contribution in [0.2, 0.25) is 5.02 Å². The summed E-state index contributed by atoms with van der Waals surface area (Å²) in [6.07, 6.45) is 0.00246. The van der Waals surface area contributed by atoms with Gasteiger partial charge < -0.3 is 19.5 Å². The molecule has 0 aliphatic carbocycles. The summed E-state index contributed by atoms with van der Waals surface area (Å²) in [4.78, 5) is 47.4. The van der Waals surface area contributed by atoms with E-state index in [1.807, 2.05) is 24.1 Å². The van der Waals surface area contributed by atoms with E-state index in [-0.39, 0.29) is 33.7 Å². The lowest BCUT2D eigenvalue weighted by Gasteiger charge is -2.19. The van der Waals surface area contributed by atoms with E-state index in [9.17, 15) is 19.5 Å². The Hall–Kier alpha value is -5.31. The van der Waals surface area contributed by atoms with Crippen LogP contribution in [-0.2, 0) is 0 Å². The van der Waals surface area contributed by atoms with Crippen molar-refractivity contribution in [2.75, 3.05) is 26.2 Å². The molecular formula is C36H29ClN2O6. The van der Waals surface area contributed by atoms with E-state index in [0.717, 1.165) is 11.4 Å². The fourth-order valence-corrected chi connectivity index (χ4v) is 4.96. The quantitative estimate of drug-likeness (QED) is 0.159. The number of ether oxygens (including phenoxy) is 2. The molecule has 0 saturated heterocycles. The molecule has 0 radical (unpaired) electrons. The number of carbonyl (C=O) groups is 3. The standard InChI is InChI=1S/C36H29ClN2O6/c1-39(25-12-10-24(37)11-13-25)26-14-18-31(38-21-26)33(40)23-9-16-28(35(42)29-17-15-27(44-2)20-32(29)45-3)30(19-23)36(43)34(41)22-7-5-4-6-8-22/h4-21,34,41H,1-3H3. The maximum Gasteiger partial charge on any atom is 0.211 e. The molecule has 8 nitrogen and oxygen atoms in total. The third-order valence-electron chi connectivity index (χ3n) is 7.39. The van der Waals surface area contributed by atoms with Gasteiger partial charge in [0.2, 0.25) is 5.78 Å². The molecule has 1 N–H and O–H groups in total. The summed E-state index contributed by atoms with van der Waals surface area (Å²) < 4.78 is 10.7. The molecule has 9 heteroatoms.